The van der Waals surface area contributed by atoms with Crippen LogP contribution >= 0.6 is 0 Å². The maximum atomic E-state index is 0. The molecule has 0 atom stereocenters. The quantitative estimate of drug-likeness (QED) is 0.324. The second-order valence-electron chi connectivity index (χ2n) is 0. The molecule has 0 N–H and O–H groups in total. The molecule has 0 amide bonds. The predicted molar refractivity (Wildman–Crippen MR) is 0 cm³/mol. The molecule has 0 spiro atoms. The van der Waals surface area contributed by atoms with E-state index < -0.39 is 0 Å². The number of hydrogen-bond acceptors (Lipinski definition) is 0. The summed E-state index contributed by atoms with van der Waals surface area (Å²) in [7, 11) is 0. The predicted octanol–water partition coefficient (Wildman–Crippen LogP) is 0. The van der Waals surface area contributed by atoms with Crippen molar-refractivity contribution in [3.8, 4) is 0 Å². The molecular weight excluding hydrogens is 652 g/mol. The van der Waals surface area contributed by atoms with Crippen LogP contribution in [0.3, 0.4) is 0 Å². The van der Waals surface area contributed by atoms with Crippen LogP contribution in [0.5, 0.6) is 0 Å². The molecule has 0 aliphatic carbocycles. The molecule has 0 nitrogen and oxygen atoms in total. The van der Waals surface area contributed by atoms with Crippen LogP contribution in [0, 0.1) is 153 Å². The summed E-state index contributed by atoms with van der Waals surface area (Å²) in [6.45, 7) is 0. The van der Waals surface area contributed by atoms with E-state index in [2.05, 4.69) is 0 Å². The molecule has 0 bridgehead atoms. The molecule has 0 aliphatic heterocycles. The van der Waals surface area contributed by atoms with Crippen molar-refractivity contribution in [2.75, 3.05) is 0 Å². The number of hydrogen-bond donors (Lipinski definition) is 0. The van der Waals surface area contributed by atoms with Crippen LogP contribution in [0.1, 0.15) is 0 Å². The van der Waals surface area contributed by atoms with Crippen molar-refractivity contribution in [2.45, 2.75) is 0 Å². The van der Waals surface area contributed by atoms with Gasteiger partial charge in [0.15, 0.2) is 0 Å². The molecule has 41 valence electrons. The second-order valence-corrected chi connectivity index (χ2v) is 0. The van der Waals surface area contributed by atoms with Gasteiger partial charge in [0.05, 0.1) is 0 Å². The SMILES string of the molecule is [Dy].[Er].[Gd].[Ho]. The Labute approximate surface area is 148 Å². The zero-order valence-corrected chi connectivity index (χ0v) is 9.34. The molecule has 0 aromatic rings. The van der Waals surface area contributed by atoms with Crippen molar-refractivity contribution < 1.29 is 153 Å². The topological polar surface area (TPSA) is 0 Å². The Bertz CT molecular complexity index is 8.00. The Morgan fingerprint density at radius 2 is 1.00 bits per heavy atom. The monoisotopic (exact) mass is 653 g/mol. The fourth-order valence-electron chi connectivity index (χ4n) is 0. The number of rotatable bonds is 0. The van der Waals surface area contributed by atoms with Gasteiger partial charge >= 0.3 is 0 Å². The standard InChI is InChI=1S/Dy.Er.Gd.Ho. The first-order valence-electron chi connectivity index (χ1n) is 0. The van der Waals surface area contributed by atoms with Crippen molar-refractivity contribution in [3.05, 3.63) is 0 Å². The minimum atomic E-state index is 0. The second kappa shape index (κ2) is 15.7. The third kappa shape index (κ3) is 10.2. The molecule has 0 rings (SSSR count). The normalized spacial score (nSPS) is 0. The molecular formula is DyErGdHo. The smallest absolute Gasteiger partial charge is 0 e. The first kappa shape index (κ1) is 23.0. The summed E-state index contributed by atoms with van der Waals surface area (Å²) in [5, 5.41) is 0. The van der Waals surface area contributed by atoms with Crippen molar-refractivity contribution in [1.82, 2.24) is 0 Å². The Kier molecular flexibility index (Phi) is 90.1. The minimum absolute atomic E-state index is 0. The molecule has 0 saturated heterocycles. The van der Waals surface area contributed by atoms with Crippen molar-refractivity contribution in [2.24, 2.45) is 0 Å². The van der Waals surface area contributed by atoms with Crippen LogP contribution < -0.4 is 0 Å². The third-order valence-corrected chi connectivity index (χ3v) is 0. The first-order chi connectivity index (χ1) is 0. The molecule has 0 fully saturated rings. The van der Waals surface area contributed by atoms with E-state index in [-0.39, 0.29) is 153 Å². The average molecular weight is 652 g/mol. The summed E-state index contributed by atoms with van der Waals surface area (Å²) in [4.78, 5) is 0. The molecule has 0 saturated carbocycles. The zero-order chi connectivity index (χ0) is 0. The molecule has 0 heterocycles. The Morgan fingerprint density at radius 3 is 1.00 bits per heavy atom. The molecule has 4 heavy (non-hydrogen) atoms. The van der Waals surface area contributed by atoms with Gasteiger partial charge in [-0.05, 0) is 0 Å². The maximum absolute atomic E-state index is 0. The Morgan fingerprint density at radius 1 is 1.00 bits per heavy atom. The van der Waals surface area contributed by atoms with Crippen LogP contribution in [0.25, 0.3) is 0 Å². The summed E-state index contributed by atoms with van der Waals surface area (Å²) < 4.78 is 0. The van der Waals surface area contributed by atoms with E-state index in [9.17, 15) is 0 Å². The van der Waals surface area contributed by atoms with Gasteiger partial charge in [-0.2, -0.15) is 0 Å². The van der Waals surface area contributed by atoms with Crippen LogP contribution in [-0.4, -0.2) is 0 Å². The average Bonchev–Trinajstić information content (AvgIpc) is 0. The van der Waals surface area contributed by atoms with Gasteiger partial charge < -0.3 is 0 Å². The van der Waals surface area contributed by atoms with Crippen molar-refractivity contribution in [3.63, 3.8) is 0 Å². The summed E-state index contributed by atoms with van der Waals surface area (Å²) in [6, 6.07) is 0. The maximum Gasteiger partial charge on any atom is 0 e. The largest absolute Gasteiger partial charge is 0 e. The van der Waals surface area contributed by atoms with E-state index in [0.717, 1.165) is 0 Å². The van der Waals surface area contributed by atoms with Gasteiger partial charge in [0, 0.05) is 153 Å². The van der Waals surface area contributed by atoms with Gasteiger partial charge in [-0.1, -0.05) is 0 Å². The molecule has 4 heteroatoms. The van der Waals surface area contributed by atoms with Gasteiger partial charge in [0.1, 0.15) is 0 Å². The van der Waals surface area contributed by atoms with E-state index >= 15 is 0 Å². The van der Waals surface area contributed by atoms with Crippen LogP contribution in [0.2, 0.25) is 0 Å². The summed E-state index contributed by atoms with van der Waals surface area (Å²) in [6.07, 6.45) is 0. The van der Waals surface area contributed by atoms with E-state index in [1.807, 2.05) is 0 Å². The fraction of sp³-hybridized carbons (Fsp3) is 0. The van der Waals surface area contributed by atoms with E-state index in [1.54, 1.807) is 0 Å². The van der Waals surface area contributed by atoms with Gasteiger partial charge in [-0.15, -0.1) is 0 Å². The molecule has 1 radical (unpaired) electrons. The summed E-state index contributed by atoms with van der Waals surface area (Å²) in [5.41, 5.74) is 0. The Hall–Kier alpha value is 5.10. The van der Waals surface area contributed by atoms with Crippen molar-refractivity contribution in [1.29, 1.82) is 0 Å². The van der Waals surface area contributed by atoms with Gasteiger partial charge in [-0.3, -0.25) is 0 Å². The summed E-state index contributed by atoms with van der Waals surface area (Å²) in [5.74, 6) is 0. The van der Waals surface area contributed by atoms with Crippen LogP contribution in [0.15, 0.2) is 0 Å². The van der Waals surface area contributed by atoms with Crippen LogP contribution in [-0.2, 0) is 0 Å². The van der Waals surface area contributed by atoms with Crippen LogP contribution in [0.4, 0.5) is 0 Å². The molecule has 0 aromatic carbocycles. The Balaban J connectivity index is 0. The van der Waals surface area contributed by atoms with E-state index in [4.69, 9.17) is 0 Å². The first-order valence-corrected chi connectivity index (χ1v) is 0. The molecule has 0 aliphatic rings. The fourth-order valence-corrected chi connectivity index (χ4v) is 0. The van der Waals surface area contributed by atoms with E-state index in [0.29, 0.717) is 0 Å². The zero-order valence-electron chi connectivity index (χ0n) is 1.26. The summed E-state index contributed by atoms with van der Waals surface area (Å²) >= 11 is 0. The van der Waals surface area contributed by atoms with Crippen molar-refractivity contribution >= 4 is 0 Å². The molecule has 0 unspecified atom stereocenters. The molecule has 0 aromatic heterocycles. The van der Waals surface area contributed by atoms with Gasteiger partial charge in [-0.25, -0.2) is 0 Å². The van der Waals surface area contributed by atoms with Gasteiger partial charge in [0.25, 0.3) is 0 Å². The minimum Gasteiger partial charge on any atom is 0 e. The van der Waals surface area contributed by atoms with E-state index in [1.165, 1.54) is 0 Å². The van der Waals surface area contributed by atoms with Gasteiger partial charge in [0.2, 0.25) is 0 Å². The third-order valence-electron chi connectivity index (χ3n) is 0.